The number of amides is 1. The van der Waals surface area contributed by atoms with Gasteiger partial charge in [-0.25, -0.2) is 4.68 Å². The Morgan fingerprint density at radius 2 is 2.14 bits per heavy atom. The molecule has 112 valence electrons. The van der Waals surface area contributed by atoms with Crippen LogP contribution in [0.25, 0.3) is 5.69 Å². The first kappa shape index (κ1) is 15.5. The van der Waals surface area contributed by atoms with Crippen LogP contribution in [0, 0.1) is 5.41 Å². The number of nitrogens with zero attached hydrogens (tertiary/aromatic N) is 2. The predicted molar refractivity (Wildman–Crippen MR) is 84.6 cm³/mol. The molecule has 0 aliphatic heterocycles. The number of carbonyl (C=O) groups excluding carboxylic acids is 1. The van der Waals surface area contributed by atoms with Crippen LogP contribution in [-0.4, -0.2) is 21.7 Å². The molecule has 1 aromatic carbocycles. The summed E-state index contributed by atoms with van der Waals surface area (Å²) in [5.74, 6) is -0.231. The van der Waals surface area contributed by atoms with Gasteiger partial charge in [0.25, 0.3) is 0 Å². The minimum Gasteiger partial charge on any atom is -0.325 e. The van der Waals surface area contributed by atoms with Crippen molar-refractivity contribution in [2.24, 2.45) is 11.1 Å². The molecule has 0 spiro atoms. The Bertz CT molecular complexity index is 632. The van der Waals surface area contributed by atoms with Crippen LogP contribution in [0.4, 0.5) is 5.69 Å². The molecule has 0 unspecified atom stereocenters. The molecule has 5 nitrogen and oxygen atoms in total. The largest absolute Gasteiger partial charge is 0.325 e. The number of hydrogen-bond acceptors (Lipinski definition) is 3. The number of aromatic nitrogens is 2. The molecule has 0 radical (unpaired) electrons. The zero-order valence-electron chi connectivity index (χ0n) is 12.3. The fraction of sp³-hybridized carbons (Fsp3) is 0.333. The zero-order chi connectivity index (χ0) is 15.6. The molecule has 21 heavy (non-hydrogen) atoms. The molecule has 2 rings (SSSR count). The van der Waals surface area contributed by atoms with Crippen molar-refractivity contribution < 1.29 is 4.79 Å². The first-order valence-corrected chi connectivity index (χ1v) is 7.03. The van der Waals surface area contributed by atoms with Crippen LogP contribution in [0.5, 0.6) is 0 Å². The van der Waals surface area contributed by atoms with Gasteiger partial charge in [-0.05, 0) is 29.7 Å². The van der Waals surface area contributed by atoms with Gasteiger partial charge in [0.2, 0.25) is 5.91 Å². The van der Waals surface area contributed by atoms with Gasteiger partial charge < -0.3 is 11.1 Å². The molecule has 6 heteroatoms. The molecular weight excluding hydrogens is 288 g/mol. The topological polar surface area (TPSA) is 72.9 Å². The Morgan fingerprint density at radius 1 is 1.43 bits per heavy atom. The van der Waals surface area contributed by atoms with Crippen LogP contribution in [0.3, 0.4) is 0 Å². The van der Waals surface area contributed by atoms with E-state index in [9.17, 15) is 4.79 Å². The van der Waals surface area contributed by atoms with Gasteiger partial charge in [0.1, 0.15) is 0 Å². The summed E-state index contributed by atoms with van der Waals surface area (Å²) in [7, 11) is 0. The Morgan fingerprint density at radius 3 is 2.67 bits per heavy atom. The average molecular weight is 307 g/mol. The van der Waals surface area contributed by atoms with Crippen LogP contribution in [0.15, 0.2) is 36.7 Å². The molecule has 1 heterocycles. The fourth-order valence-electron chi connectivity index (χ4n) is 1.80. The number of benzene rings is 1. The van der Waals surface area contributed by atoms with Crippen LogP contribution in [0.2, 0.25) is 5.02 Å². The molecule has 1 atom stereocenters. The molecule has 2 aromatic rings. The van der Waals surface area contributed by atoms with E-state index in [1.54, 1.807) is 35.3 Å². The van der Waals surface area contributed by atoms with Crippen LogP contribution in [0.1, 0.15) is 20.8 Å². The van der Waals surface area contributed by atoms with E-state index in [0.717, 1.165) is 5.69 Å². The lowest BCUT2D eigenvalue weighted by molar-refractivity contribution is -0.119. The molecule has 0 saturated carbocycles. The van der Waals surface area contributed by atoms with Crippen molar-refractivity contribution in [3.8, 4) is 5.69 Å². The normalized spacial score (nSPS) is 13.0. The van der Waals surface area contributed by atoms with Crippen molar-refractivity contribution in [3.63, 3.8) is 0 Å². The summed E-state index contributed by atoms with van der Waals surface area (Å²) in [6.07, 6.45) is 3.48. The summed E-state index contributed by atoms with van der Waals surface area (Å²) in [6, 6.07) is 6.48. The minimum absolute atomic E-state index is 0.231. The lowest BCUT2D eigenvalue weighted by atomic mass is 9.87. The van der Waals surface area contributed by atoms with Gasteiger partial charge in [-0.15, -0.1) is 0 Å². The minimum atomic E-state index is -0.595. The number of nitrogens with one attached hydrogen (secondary N) is 1. The summed E-state index contributed by atoms with van der Waals surface area (Å²) >= 11 is 6.23. The third kappa shape index (κ3) is 3.62. The second kappa shape index (κ2) is 5.87. The van der Waals surface area contributed by atoms with E-state index in [0.29, 0.717) is 10.7 Å². The van der Waals surface area contributed by atoms with Crippen LogP contribution in [-0.2, 0) is 4.79 Å². The van der Waals surface area contributed by atoms with Crippen LogP contribution >= 0.6 is 11.6 Å². The lowest BCUT2D eigenvalue weighted by Crippen LogP contribution is -2.45. The molecular formula is C15H19ClN4O. The van der Waals surface area contributed by atoms with Crippen molar-refractivity contribution >= 4 is 23.2 Å². The predicted octanol–water partition coefficient (Wildman–Crippen LogP) is 2.84. The Hall–Kier alpha value is -1.85. The summed E-state index contributed by atoms with van der Waals surface area (Å²) in [5.41, 5.74) is 6.99. The number of anilines is 1. The summed E-state index contributed by atoms with van der Waals surface area (Å²) in [6.45, 7) is 5.76. The molecule has 0 saturated heterocycles. The Labute approximate surface area is 129 Å². The van der Waals surface area contributed by atoms with Gasteiger partial charge in [0.05, 0.1) is 16.8 Å². The number of carbonyl (C=O) groups is 1. The summed E-state index contributed by atoms with van der Waals surface area (Å²) < 4.78 is 1.66. The smallest absolute Gasteiger partial charge is 0.241 e. The van der Waals surface area contributed by atoms with Gasteiger partial charge in [-0.3, -0.25) is 4.79 Å². The molecule has 0 aliphatic rings. The van der Waals surface area contributed by atoms with Crippen molar-refractivity contribution in [1.82, 2.24) is 9.78 Å². The molecule has 1 aromatic heterocycles. The zero-order valence-corrected chi connectivity index (χ0v) is 13.1. The Kier molecular flexibility index (Phi) is 4.34. The van der Waals surface area contributed by atoms with Gasteiger partial charge in [-0.2, -0.15) is 5.10 Å². The third-order valence-electron chi connectivity index (χ3n) is 3.18. The second-order valence-electron chi connectivity index (χ2n) is 5.95. The number of nitrogens with two attached hydrogens (primary N) is 1. The molecule has 3 N–H and O–H groups in total. The first-order chi connectivity index (χ1) is 9.79. The van der Waals surface area contributed by atoms with Crippen molar-refractivity contribution in [3.05, 3.63) is 41.7 Å². The maximum atomic E-state index is 12.1. The second-order valence-corrected chi connectivity index (χ2v) is 6.36. The third-order valence-corrected chi connectivity index (χ3v) is 3.48. The number of hydrogen-bond donors (Lipinski definition) is 2. The van der Waals surface area contributed by atoms with Crippen LogP contribution < -0.4 is 11.1 Å². The van der Waals surface area contributed by atoms with Crippen molar-refractivity contribution in [1.29, 1.82) is 0 Å². The highest BCUT2D eigenvalue weighted by Crippen LogP contribution is 2.25. The van der Waals surface area contributed by atoms with Gasteiger partial charge in [0, 0.05) is 18.1 Å². The molecule has 1 amide bonds. The maximum absolute atomic E-state index is 12.1. The van der Waals surface area contributed by atoms with E-state index in [1.807, 2.05) is 26.8 Å². The van der Waals surface area contributed by atoms with Crippen molar-refractivity contribution in [2.75, 3.05) is 5.32 Å². The molecule has 0 fully saturated rings. The molecule has 0 bridgehead atoms. The van der Waals surface area contributed by atoms with E-state index in [1.165, 1.54) is 0 Å². The fourth-order valence-corrected chi connectivity index (χ4v) is 2.06. The lowest BCUT2D eigenvalue weighted by Gasteiger charge is -2.25. The molecule has 0 aliphatic carbocycles. The number of halogens is 1. The quantitative estimate of drug-likeness (QED) is 0.916. The van der Waals surface area contributed by atoms with Crippen molar-refractivity contribution in [2.45, 2.75) is 26.8 Å². The van der Waals surface area contributed by atoms with Gasteiger partial charge in [-0.1, -0.05) is 32.4 Å². The monoisotopic (exact) mass is 306 g/mol. The number of rotatable bonds is 3. The maximum Gasteiger partial charge on any atom is 0.241 e. The van der Waals surface area contributed by atoms with E-state index in [-0.39, 0.29) is 11.3 Å². The highest BCUT2D eigenvalue weighted by molar-refractivity contribution is 6.32. The average Bonchev–Trinajstić information content (AvgIpc) is 2.90. The van der Waals surface area contributed by atoms with Gasteiger partial charge in [0.15, 0.2) is 0 Å². The van der Waals surface area contributed by atoms with E-state index >= 15 is 0 Å². The highest BCUT2D eigenvalue weighted by Gasteiger charge is 2.27. The van der Waals surface area contributed by atoms with E-state index in [2.05, 4.69) is 10.4 Å². The van der Waals surface area contributed by atoms with Gasteiger partial charge >= 0.3 is 0 Å². The van der Waals surface area contributed by atoms with E-state index < -0.39 is 6.04 Å². The highest BCUT2D eigenvalue weighted by atomic mass is 35.5. The SMILES string of the molecule is CC(C)(C)[C@H](N)C(=O)Nc1ccc(-n2cccn2)c(Cl)c1. The standard InChI is InChI=1S/C15H19ClN4O/c1-15(2,3)13(17)14(21)19-10-5-6-12(11(16)9-10)20-8-4-7-18-20/h4-9,13H,17H2,1-3H3,(H,19,21)/t13-/m1/s1. The first-order valence-electron chi connectivity index (χ1n) is 6.65. The summed E-state index contributed by atoms with van der Waals surface area (Å²) in [5, 5.41) is 7.41. The Balaban J connectivity index is 2.16. The van der Waals surface area contributed by atoms with E-state index in [4.69, 9.17) is 17.3 Å². The summed E-state index contributed by atoms with van der Waals surface area (Å²) in [4.78, 5) is 12.1.